The van der Waals surface area contributed by atoms with Gasteiger partial charge in [-0.25, -0.2) is 4.79 Å². The number of hydrogen-bond donors (Lipinski definition) is 2. The summed E-state index contributed by atoms with van der Waals surface area (Å²) < 4.78 is 0.336. The van der Waals surface area contributed by atoms with E-state index in [2.05, 4.69) is 15.9 Å². The smallest absolute Gasteiger partial charge is 0.336 e. The average Bonchev–Trinajstić information content (AvgIpc) is 2.17. The highest BCUT2D eigenvalue weighted by Gasteiger charge is 2.14. The number of benzene rings is 1. The molecule has 0 unspecified atom stereocenters. The van der Waals surface area contributed by atoms with Crippen molar-refractivity contribution in [3.8, 4) is 6.07 Å². The predicted molar refractivity (Wildman–Crippen MR) is 51.7 cm³/mol. The third kappa shape index (κ3) is 1.76. The Balaban J connectivity index is 3.45. The standard InChI is InChI=1S/C9H6BrNO3/c10-8-5(3-11)1-2-6(9(13)14)7(8)4-12/h1-2,12H,4H2,(H,13,14). The van der Waals surface area contributed by atoms with E-state index in [-0.39, 0.29) is 11.1 Å². The molecule has 14 heavy (non-hydrogen) atoms. The number of carboxylic acid groups (broad SMARTS) is 1. The van der Waals surface area contributed by atoms with Crippen LogP contribution in [0.1, 0.15) is 21.5 Å². The number of aromatic carboxylic acids is 1. The average molecular weight is 256 g/mol. The molecule has 0 aliphatic carbocycles. The van der Waals surface area contributed by atoms with Crippen LogP contribution in [0.4, 0.5) is 0 Å². The zero-order chi connectivity index (χ0) is 10.7. The Morgan fingerprint density at radius 2 is 2.21 bits per heavy atom. The molecule has 1 aromatic rings. The van der Waals surface area contributed by atoms with Crippen molar-refractivity contribution in [3.63, 3.8) is 0 Å². The van der Waals surface area contributed by atoms with Crippen LogP contribution in [0.5, 0.6) is 0 Å². The minimum absolute atomic E-state index is 0.00150. The molecular weight excluding hydrogens is 250 g/mol. The van der Waals surface area contributed by atoms with E-state index in [1.165, 1.54) is 12.1 Å². The number of carboxylic acids is 1. The van der Waals surface area contributed by atoms with Crippen molar-refractivity contribution >= 4 is 21.9 Å². The Hall–Kier alpha value is -1.38. The molecule has 0 heterocycles. The summed E-state index contributed by atoms with van der Waals surface area (Å²) in [7, 11) is 0. The van der Waals surface area contributed by atoms with Crippen LogP contribution in [0.15, 0.2) is 16.6 Å². The van der Waals surface area contributed by atoms with Crippen molar-refractivity contribution in [3.05, 3.63) is 33.3 Å². The molecule has 0 aromatic heterocycles. The Morgan fingerprint density at radius 3 is 2.64 bits per heavy atom. The van der Waals surface area contributed by atoms with E-state index in [9.17, 15) is 4.79 Å². The predicted octanol–water partition coefficient (Wildman–Crippen LogP) is 1.51. The summed E-state index contributed by atoms with van der Waals surface area (Å²) in [5.41, 5.74) is 0.522. The summed E-state index contributed by atoms with van der Waals surface area (Å²) in [6, 6.07) is 4.58. The number of nitrogens with zero attached hydrogens (tertiary/aromatic N) is 1. The number of rotatable bonds is 2. The van der Waals surface area contributed by atoms with Gasteiger partial charge in [-0.2, -0.15) is 5.26 Å². The molecule has 1 rings (SSSR count). The van der Waals surface area contributed by atoms with Crippen LogP contribution in [-0.2, 0) is 6.61 Å². The van der Waals surface area contributed by atoms with Crippen LogP contribution in [0.2, 0.25) is 0 Å². The van der Waals surface area contributed by atoms with Gasteiger partial charge in [0.2, 0.25) is 0 Å². The van der Waals surface area contributed by atoms with Crippen LogP contribution < -0.4 is 0 Å². The van der Waals surface area contributed by atoms with Crippen molar-refractivity contribution in [1.29, 1.82) is 5.26 Å². The van der Waals surface area contributed by atoms with Crippen molar-refractivity contribution < 1.29 is 15.0 Å². The first-order chi connectivity index (χ1) is 6.61. The fourth-order valence-electron chi connectivity index (χ4n) is 1.06. The van der Waals surface area contributed by atoms with Gasteiger partial charge in [-0.05, 0) is 28.1 Å². The first kappa shape index (κ1) is 10.7. The van der Waals surface area contributed by atoms with Gasteiger partial charge in [0.25, 0.3) is 0 Å². The van der Waals surface area contributed by atoms with Gasteiger partial charge in [0.1, 0.15) is 6.07 Å². The molecule has 1 aromatic carbocycles. The second-order valence-electron chi connectivity index (χ2n) is 2.53. The number of aliphatic hydroxyl groups excluding tert-OH is 1. The van der Waals surface area contributed by atoms with E-state index >= 15 is 0 Å². The van der Waals surface area contributed by atoms with Crippen molar-refractivity contribution in [2.45, 2.75) is 6.61 Å². The van der Waals surface area contributed by atoms with Crippen molar-refractivity contribution in [1.82, 2.24) is 0 Å². The van der Waals surface area contributed by atoms with E-state index in [4.69, 9.17) is 15.5 Å². The fraction of sp³-hybridized carbons (Fsp3) is 0.111. The Labute approximate surface area is 88.5 Å². The first-order valence-corrected chi connectivity index (χ1v) is 4.46. The highest BCUT2D eigenvalue weighted by Crippen LogP contribution is 2.24. The SMILES string of the molecule is N#Cc1ccc(C(=O)O)c(CO)c1Br. The van der Waals surface area contributed by atoms with Gasteiger partial charge in [-0.15, -0.1) is 0 Å². The second kappa shape index (κ2) is 4.22. The molecule has 0 saturated heterocycles. The Kier molecular flexibility index (Phi) is 3.23. The van der Waals surface area contributed by atoms with E-state index in [0.717, 1.165) is 0 Å². The maximum absolute atomic E-state index is 10.7. The molecule has 0 radical (unpaired) electrons. The molecule has 5 heteroatoms. The number of halogens is 1. The van der Waals surface area contributed by atoms with Gasteiger partial charge in [0.15, 0.2) is 0 Å². The minimum atomic E-state index is -1.13. The van der Waals surface area contributed by atoms with Crippen LogP contribution in [0.25, 0.3) is 0 Å². The van der Waals surface area contributed by atoms with Crippen LogP contribution >= 0.6 is 15.9 Å². The minimum Gasteiger partial charge on any atom is -0.478 e. The van der Waals surface area contributed by atoms with Gasteiger partial charge < -0.3 is 10.2 Å². The molecule has 2 N–H and O–H groups in total. The number of carbonyl (C=O) groups is 1. The molecule has 0 aliphatic rings. The maximum atomic E-state index is 10.7. The first-order valence-electron chi connectivity index (χ1n) is 3.67. The lowest BCUT2D eigenvalue weighted by atomic mass is 10.1. The summed E-state index contributed by atoms with van der Waals surface area (Å²) in [6.45, 7) is -0.419. The summed E-state index contributed by atoms with van der Waals surface area (Å²) in [5, 5.41) is 26.4. The molecule has 0 saturated carbocycles. The molecule has 0 spiro atoms. The fourth-order valence-corrected chi connectivity index (χ4v) is 1.62. The molecule has 72 valence electrons. The largest absolute Gasteiger partial charge is 0.478 e. The lowest BCUT2D eigenvalue weighted by molar-refractivity contribution is 0.0693. The Bertz CT molecular complexity index is 423. The molecule has 4 nitrogen and oxygen atoms in total. The summed E-state index contributed by atoms with van der Waals surface area (Å²) in [4.78, 5) is 10.7. The van der Waals surface area contributed by atoms with Gasteiger partial charge in [0, 0.05) is 10.0 Å². The maximum Gasteiger partial charge on any atom is 0.336 e. The topological polar surface area (TPSA) is 81.3 Å². The molecular formula is C9H6BrNO3. The van der Waals surface area contributed by atoms with E-state index < -0.39 is 12.6 Å². The summed E-state index contributed by atoms with van der Waals surface area (Å²) >= 11 is 3.07. The molecule has 0 amide bonds. The highest BCUT2D eigenvalue weighted by atomic mass is 79.9. The second-order valence-corrected chi connectivity index (χ2v) is 3.32. The third-order valence-corrected chi connectivity index (χ3v) is 2.66. The highest BCUT2D eigenvalue weighted by molar-refractivity contribution is 9.10. The van der Waals surface area contributed by atoms with Gasteiger partial charge >= 0.3 is 5.97 Å². The van der Waals surface area contributed by atoms with Crippen molar-refractivity contribution in [2.75, 3.05) is 0 Å². The third-order valence-electron chi connectivity index (χ3n) is 1.75. The van der Waals surface area contributed by atoms with Gasteiger partial charge in [-0.1, -0.05) is 0 Å². The van der Waals surface area contributed by atoms with Crippen LogP contribution in [0.3, 0.4) is 0 Å². The molecule has 0 bridgehead atoms. The van der Waals surface area contributed by atoms with Crippen LogP contribution in [-0.4, -0.2) is 16.2 Å². The van der Waals surface area contributed by atoms with Crippen molar-refractivity contribution in [2.24, 2.45) is 0 Å². The lowest BCUT2D eigenvalue weighted by Gasteiger charge is -2.06. The summed E-state index contributed by atoms with van der Waals surface area (Å²) in [5.74, 6) is -1.13. The summed E-state index contributed by atoms with van der Waals surface area (Å²) in [6.07, 6.45) is 0. The van der Waals surface area contributed by atoms with Crippen LogP contribution in [0, 0.1) is 11.3 Å². The monoisotopic (exact) mass is 255 g/mol. The quantitative estimate of drug-likeness (QED) is 0.840. The number of nitriles is 1. The van der Waals surface area contributed by atoms with E-state index in [1.54, 1.807) is 0 Å². The zero-order valence-corrected chi connectivity index (χ0v) is 8.58. The van der Waals surface area contributed by atoms with Gasteiger partial charge in [-0.3, -0.25) is 0 Å². The van der Waals surface area contributed by atoms with E-state index in [0.29, 0.717) is 10.0 Å². The molecule has 0 fully saturated rings. The van der Waals surface area contributed by atoms with E-state index in [1.807, 2.05) is 6.07 Å². The molecule has 0 atom stereocenters. The van der Waals surface area contributed by atoms with Gasteiger partial charge in [0.05, 0.1) is 17.7 Å². The zero-order valence-electron chi connectivity index (χ0n) is 6.99. The molecule has 0 aliphatic heterocycles. The number of aliphatic hydroxyl groups is 1. The number of hydrogen-bond acceptors (Lipinski definition) is 3. The lowest BCUT2D eigenvalue weighted by Crippen LogP contribution is -2.04. The normalized spacial score (nSPS) is 9.50. The Morgan fingerprint density at radius 1 is 1.57 bits per heavy atom.